The van der Waals surface area contributed by atoms with Crippen LogP contribution < -0.4 is 15.7 Å². The van der Waals surface area contributed by atoms with E-state index in [1.807, 2.05) is 35.9 Å². The number of carbonyl (C=O) groups is 2. The number of nitrogens with one attached hydrogen (secondary N) is 2. The predicted octanol–water partition coefficient (Wildman–Crippen LogP) is 5.14. The van der Waals surface area contributed by atoms with E-state index in [9.17, 15) is 22.8 Å². The highest BCUT2D eigenvalue weighted by atomic mass is 32.2. The molecule has 0 aliphatic rings. The molecule has 194 valence electrons. The summed E-state index contributed by atoms with van der Waals surface area (Å²) >= 11 is 0. The van der Waals surface area contributed by atoms with Gasteiger partial charge in [-0.05, 0) is 55.0 Å². The number of carbonyl (C=O) groups excluding carboxylic acids is 2. The number of sulfonamides is 1. The second-order valence-corrected chi connectivity index (χ2v) is 10.5. The van der Waals surface area contributed by atoms with Gasteiger partial charge >= 0.3 is 5.63 Å². The fourth-order valence-electron chi connectivity index (χ4n) is 4.10. The molecule has 1 heterocycles. The molecular weight excluding hydrogens is 516 g/mol. The van der Waals surface area contributed by atoms with Crippen LogP contribution in [0.15, 0.2) is 117 Å². The quantitative estimate of drug-likeness (QED) is 0.309. The normalized spacial score (nSPS) is 11.2. The fraction of sp³-hybridized carbons (Fsp3) is 0.0333. The topological polar surface area (TPSA) is 123 Å². The lowest BCUT2D eigenvalue weighted by Gasteiger charge is -2.13. The minimum absolute atomic E-state index is 0.164. The van der Waals surface area contributed by atoms with Crippen LogP contribution in [0.3, 0.4) is 0 Å². The summed E-state index contributed by atoms with van der Waals surface area (Å²) in [5.74, 6) is -1.61. The highest BCUT2D eigenvalue weighted by molar-refractivity contribution is 7.90. The van der Waals surface area contributed by atoms with E-state index in [0.29, 0.717) is 21.9 Å². The van der Waals surface area contributed by atoms with Gasteiger partial charge in [0.2, 0.25) is 5.76 Å². The lowest BCUT2D eigenvalue weighted by Crippen LogP contribution is -2.30. The lowest BCUT2D eigenvalue weighted by atomic mass is 9.97. The van der Waals surface area contributed by atoms with Gasteiger partial charge in [0.1, 0.15) is 0 Å². The molecule has 0 aliphatic heterocycles. The first-order valence-electron chi connectivity index (χ1n) is 11.9. The summed E-state index contributed by atoms with van der Waals surface area (Å²) in [6.45, 7) is 1.94. The Morgan fingerprint density at radius 2 is 1.33 bits per heavy atom. The molecule has 5 rings (SSSR count). The minimum Gasteiger partial charge on any atom is -0.416 e. The summed E-state index contributed by atoms with van der Waals surface area (Å²) in [6.07, 6.45) is 0. The number of amides is 2. The zero-order valence-electron chi connectivity index (χ0n) is 20.7. The van der Waals surface area contributed by atoms with Gasteiger partial charge in [-0.2, -0.15) is 0 Å². The molecule has 0 saturated heterocycles. The second kappa shape index (κ2) is 10.4. The number of rotatable bonds is 6. The van der Waals surface area contributed by atoms with E-state index in [1.54, 1.807) is 42.5 Å². The molecule has 0 atom stereocenters. The molecule has 5 aromatic rings. The van der Waals surface area contributed by atoms with Crippen molar-refractivity contribution in [1.29, 1.82) is 0 Å². The van der Waals surface area contributed by atoms with Crippen LogP contribution in [0.4, 0.5) is 5.69 Å². The van der Waals surface area contributed by atoms with Crippen molar-refractivity contribution in [3.05, 3.63) is 130 Å². The summed E-state index contributed by atoms with van der Waals surface area (Å²) in [7, 11) is -4.15. The smallest absolute Gasteiger partial charge is 0.344 e. The number of hydrogen-bond donors (Lipinski definition) is 2. The molecular formula is C30H22N2O6S. The number of anilines is 1. The van der Waals surface area contributed by atoms with E-state index < -0.39 is 27.5 Å². The van der Waals surface area contributed by atoms with Crippen LogP contribution in [0.1, 0.15) is 26.5 Å². The summed E-state index contributed by atoms with van der Waals surface area (Å²) < 4.78 is 32.9. The van der Waals surface area contributed by atoms with Gasteiger partial charge in [-0.25, -0.2) is 17.9 Å². The van der Waals surface area contributed by atoms with Crippen LogP contribution in [0, 0.1) is 6.92 Å². The van der Waals surface area contributed by atoms with E-state index >= 15 is 0 Å². The Balaban J connectivity index is 1.44. The van der Waals surface area contributed by atoms with Gasteiger partial charge in [0.15, 0.2) is 0 Å². The monoisotopic (exact) mass is 538 g/mol. The molecule has 2 N–H and O–H groups in total. The fourth-order valence-corrected chi connectivity index (χ4v) is 5.08. The van der Waals surface area contributed by atoms with E-state index in [0.717, 1.165) is 5.56 Å². The first kappa shape index (κ1) is 25.6. The van der Waals surface area contributed by atoms with Crippen LogP contribution in [-0.2, 0) is 10.0 Å². The Kier molecular flexibility index (Phi) is 6.83. The van der Waals surface area contributed by atoms with Crippen molar-refractivity contribution >= 4 is 38.3 Å². The maximum atomic E-state index is 13.3. The van der Waals surface area contributed by atoms with Crippen LogP contribution in [-0.4, -0.2) is 20.2 Å². The lowest BCUT2D eigenvalue weighted by molar-refractivity contribution is 0.0977. The Hall–Kier alpha value is -5.02. The van der Waals surface area contributed by atoms with Gasteiger partial charge in [0, 0.05) is 22.2 Å². The molecule has 0 spiro atoms. The third-order valence-electron chi connectivity index (χ3n) is 6.07. The number of fused-ring (bicyclic) bond motifs is 1. The standard InChI is InChI=1S/C30H22N2O6S/c1-19-11-13-20(14-12-19)26-24-9-5-6-10-25(24)30(35)38-27(26)29(34)31-22-15-17-23(18-16-22)39(36,37)32-28(33)21-7-3-2-4-8-21/h2-18H,1H3,(H,31,34)(H,32,33). The van der Waals surface area contributed by atoms with Gasteiger partial charge in [0.05, 0.1) is 10.3 Å². The minimum atomic E-state index is -4.15. The first-order valence-corrected chi connectivity index (χ1v) is 13.4. The average molecular weight is 539 g/mol. The van der Waals surface area contributed by atoms with Crippen molar-refractivity contribution in [3.63, 3.8) is 0 Å². The van der Waals surface area contributed by atoms with Gasteiger partial charge in [-0.1, -0.05) is 66.2 Å². The van der Waals surface area contributed by atoms with E-state index in [2.05, 4.69) is 5.32 Å². The summed E-state index contributed by atoms with van der Waals surface area (Å²) in [5, 5.41) is 3.58. The molecule has 2 amide bonds. The van der Waals surface area contributed by atoms with Gasteiger partial charge in [0.25, 0.3) is 21.8 Å². The number of benzene rings is 4. The van der Waals surface area contributed by atoms with Crippen molar-refractivity contribution in [1.82, 2.24) is 4.72 Å². The van der Waals surface area contributed by atoms with Gasteiger partial charge in [-0.15, -0.1) is 0 Å². The molecule has 4 aromatic carbocycles. The highest BCUT2D eigenvalue weighted by Gasteiger charge is 2.22. The average Bonchev–Trinajstić information content (AvgIpc) is 2.94. The molecule has 0 radical (unpaired) electrons. The maximum absolute atomic E-state index is 13.3. The molecule has 8 nitrogen and oxygen atoms in total. The van der Waals surface area contributed by atoms with Crippen molar-refractivity contribution in [2.45, 2.75) is 11.8 Å². The van der Waals surface area contributed by atoms with Crippen molar-refractivity contribution in [3.8, 4) is 11.1 Å². The Morgan fingerprint density at radius 1 is 0.718 bits per heavy atom. The SMILES string of the molecule is Cc1ccc(-c2c(C(=O)Nc3ccc(S(=O)(=O)NC(=O)c4ccccc4)cc3)oc(=O)c3ccccc23)cc1. The molecule has 1 aromatic heterocycles. The van der Waals surface area contributed by atoms with Crippen molar-refractivity contribution in [2.75, 3.05) is 5.32 Å². The van der Waals surface area contributed by atoms with Gasteiger partial charge in [-0.3, -0.25) is 9.59 Å². The molecule has 0 aliphatic carbocycles. The third kappa shape index (κ3) is 5.34. The zero-order valence-corrected chi connectivity index (χ0v) is 21.5. The summed E-state index contributed by atoms with van der Waals surface area (Å²) in [5.41, 5.74) is 2.00. The van der Waals surface area contributed by atoms with E-state index in [4.69, 9.17) is 4.42 Å². The largest absolute Gasteiger partial charge is 0.416 e. The van der Waals surface area contributed by atoms with Crippen molar-refractivity contribution < 1.29 is 22.4 Å². The predicted molar refractivity (Wildman–Crippen MR) is 148 cm³/mol. The number of hydrogen-bond acceptors (Lipinski definition) is 6. The number of aryl methyl sites for hydroxylation is 1. The van der Waals surface area contributed by atoms with E-state index in [1.165, 1.54) is 36.4 Å². The molecule has 0 unspecified atom stereocenters. The van der Waals surface area contributed by atoms with Gasteiger partial charge < -0.3 is 9.73 Å². The highest BCUT2D eigenvalue weighted by Crippen LogP contribution is 2.31. The van der Waals surface area contributed by atoms with Crippen LogP contribution >= 0.6 is 0 Å². The second-order valence-electron chi connectivity index (χ2n) is 8.78. The summed E-state index contributed by atoms with van der Waals surface area (Å²) in [4.78, 5) is 38.2. The van der Waals surface area contributed by atoms with Crippen LogP contribution in [0.5, 0.6) is 0 Å². The molecule has 0 saturated carbocycles. The van der Waals surface area contributed by atoms with Crippen LogP contribution in [0.25, 0.3) is 21.9 Å². The zero-order chi connectivity index (χ0) is 27.6. The third-order valence-corrected chi connectivity index (χ3v) is 7.42. The molecule has 9 heteroatoms. The summed E-state index contributed by atoms with van der Waals surface area (Å²) in [6, 6.07) is 27.6. The van der Waals surface area contributed by atoms with Crippen molar-refractivity contribution in [2.24, 2.45) is 0 Å². The maximum Gasteiger partial charge on any atom is 0.344 e. The molecule has 39 heavy (non-hydrogen) atoms. The Labute approximate surface area is 224 Å². The molecule has 0 bridgehead atoms. The Bertz CT molecular complexity index is 1860. The first-order chi connectivity index (χ1) is 18.7. The van der Waals surface area contributed by atoms with Crippen LogP contribution in [0.2, 0.25) is 0 Å². The van der Waals surface area contributed by atoms with E-state index in [-0.39, 0.29) is 21.9 Å². The molecule has 0 fully saturated rings. The Morgan fingerprint density at radius 3 is 2.00 bits per heavy atom.